The van der Waals surface area contributed by atoms with Gasteiger partial charge in [-0.2, -0.15) is 0 Å². The van der Waals surface area contributed by atoms with E-state index >= 15 is 0 Å². The van der Waals surface area contributed by atoms with Crippen molar-refractivity contribution < 1.29 is 28.2 Å². The van der Waals surface area contributed by atoms with Crippen LogP contribution in [0.3, 0.4) is 0 Å². The van der Waals surface area contributed by atoms with Gasteiger partial charge in [-0.3, -0.25) is 19.3 Å². The predicted molar refractivity (Wildman–Crippen MR) is 151 cm³/mol. The minimum Gasteiger partial charge on any atom is -0.379 e. The van der Waals surface area contributed by atoms with E-state index in [1.165, 1.54) is 18.2 Å². The van der Waals surface area contributed by atoms with E-state index in [1.807, 2.05) is 6.08 Å². The highest BCUT2D eigenvalue weighted by atomic mass is 35.5. The van der Waals surface area contributed by atoms with Gasteiger partial charge >= 0.3 is 0 Å². The van der Waals surface area contributed by atoms with Crippen molar-refractivity contribution in [1.29, 1.82) is 0 Å². The molecular weight excluding hydrogens is 551 g/mol. The lowest BCUT2D eigenvalue weighted by Crippen LogP contribution is -2.58. The van der Waals surface area contributed by atoms with Gasteiger partial charge in [0.1, 0.15) is 17.5 Å². The van der Waals surface area contributed by atoms with Crippen molar-refractivity contribution in [1.82, 2.24) is 15.1 Å². The van der Waals surface area contributed by atoms with Crippen molar-refractivity contribution in [3.05, 3.63) is 41.2 Å². The number of ether oxygens (including phenoxy) is 2. The van der Waals surface area contributed by atoms with Crippen molar-refractivity contribution >= 4 is 35.0 Å². The third-order valence-electron chi connectivity index (χ3n) is 9.91. The van der Waals surface area contributed by atoms with E-state index in [9.17, 15) is 18.8 Å². The van der Waals surface area contributed by atoms with E-state index in [1.54, 1.807) is 11.0 Å². The quantitative estimate of drug-likeness (QED) is 0.475. The van der Waals surface area contributed by atoms with Gasteiger partial charge < -0.3 is 25.0 Å². The first kappa shape index (κ1) is 28.6. The Hall–Kier alpha value is -2.53. The Morgan fingerprint density at radius 2 is 1.93 bits per heavy atom. The summed E-state index contributed by atoms with van der Waals surface area (Å²) >= 11 is 5.92. The standard InChI is InChI=1S/C30H38ClFN4O5/c1-17-4-3-5-22(18(17)2)34-28(38)26-30-9-8-23(41-30)24(27(37)33-19-6-7-21(32)20(31)16-19)25(30)29(39)36(26)11-10-35-12-14-40-15-13-35/h6-9,16-18,22-26H,3-5,10-15H2,1-2H3,(H,33,37)(H,34,38)/t17-,18+,22+,23-,24+,25-,26+,30+/m1/s1. The van der Waals surface area contributed by atoms with Gasteiger partial charge in [-0.25, -0.2) is 4.39 Å². The molecule has 41 heavy (non-hydrogen) atoms. The topological polar surface area (TPSA) is 100 Å². The molecule has 11 heteroatoms. The molecule has 4 heterocycles. The minimum atomic E-state index is -1.23. The highest BCUT2D eigenvalue weighted by molar-refractivity contribution is 6.31. The number of rotatable bonds is 7. The third-order valence-corrected chi connectivity index (χ3v) is 10.2. The normalized spacial score (nSPS) is 36.4. The summed E-state index contributed by atoms with van der Waals surface area (Å²) in [4.78, 5) is 45.8. The first-order valence-electron chi connectivity index (χ1n) is 14.7. The second kappa shape index (κ2) is 11.3. The Bertz CT molecular complexity index is 1240. The van der Waals surface area contributed by atoms with Crippen LogP contribution in [0.4, 0.5) is 10.1 Å². The third kappa shape index (κ3) is 5.07. The van der Waals surface area contributed by atoms with Crippen LogP contribution < -0.4 is 10.6 Å². The summed E-state index contributed by atoms with van der Waals surface area (Å²) in [7, 11) is 0. The van der Waals surface area contributed by atoms with Gasteiger partial charge in [0.05, 0.1) is 36.2 Å². The van der Waals surface area contributed by atoms with Gasteiger partial charge in [0.25, 0.3) is 0 Å². The van der Waals surface area contributed by atoms with Gasteiger partial charge in [-0.15, -0.1) is 0 Å². The maximum Gasteiger partial charge on any atom is 0.246 e. The van der Waals surface area contributed by atoms with Crippen LogP contribution >= 0.6 is 11.6 Å². The molecule has 2 N–H and O–H groups in total. The highest BCUT2D eigenvalue weighted by Gasteiger charge is 2.72. The molecule has 0 unspecified atom stereocenters. The number of nitrogens with one attached hydrogen (secondary N) is 2. The number of carbonyl (C=O) groups is 3. The molecule has 2 bridgehead atoms. The summed E-state index contributed by atoms with van der Waals surface area (Å²) in [5, 5.41) is 5.96. The van der Waals surface area contributed by atoms with Crippen LogP contribution in [-0.4, -0.2) is 90.7 Å². The zero-order valence-corrected chi connectivity index (χ0v) is 24.2. The van der Waals surface area contributed by atoms with Crippen LogP contribution in [-0.2, 0) is 23.9 Å². The van der Waals surface area contributed by atoms with E-state index < -0.39 is 41.3 Å². The average molecular weight is 589 g/mol. The molecule has 8 atom stereocenters. The molecule has 9 nitrogen and oxygen atoms in total. The SMILES string of the molecule is C[C@H]1[C@H](C)CCC[C@@H]1NC(=O)[C@@H]1N(CCN2CCOCC2)C(=O)[C@H]2[C@@H](C(=O)Nc3ccc(F)c(Cl)c3)[C@H]3C=C[C@@]12O3. The molecule has 0 radical (unpaired) electrons. The summed E-state index contributed by atoms with van der Waals surface area (Å²) in [6, 6.07) is 3.07. The number of benzene rings is 1. The predicted octanol–water partition coefficient (Wildman–Crippen LogP) is 2.84. The van der Waals surface area contributed by atoms with E-state index in [0.717, 1.165) is 32.4 Å². The zero-order chi connectivity index (χ0) is 28.9. The molecule has 5 aliphatic rings. The molecule has 1 spiro atoms. The minimum absolute atomic E-state index is 0.0165. The number of hydrogen-bond donors (Lipinski definition) is 2. The molecule has 1 aromatic rings. The number of halogens is 2. The maximum atomic E-state index is 14.2. The van der Waals surface area contributed by atoms with Crippen LogP contribution in [0.1, 0.15) is 33.1 Å². The molecule has 4 fully saturated rings. The Balaban J connectivity index is 1.27. The molecule has 0 aromatic heterocycles. The van der Waals surface area contributed by atoms with Crippen molar-refractivity contribution in [3.63, 3.8) is 0 Å². The lowest BCUT2D eigenvalue weighted by atomic mass is 9.73. The number of nitrogens with zero attached hydrogens (tertiary/aromatic N) is 2. The molecule has 1 saturated carbocycles. The number of amides is 3. The number of fused-ring (bicyclic) bond motifs is 1. The second-order valence-electron chi connectivity index (χ2n) is 12.2. The Labute approximate surface area is 244 Å². The van der Waals surface area contributed by atoms with Gasteiger partial charge in [-0.05, 0) is 36.5 Å². The van der Waals surface area contributed by atoms with Gasteiger partial charge in [0.15, 0.2) is 0 Å². The second-order valence-corrected chi connectivity index (χ2v) is 12.6. The van der Waals surface area contributed by atoms with Gasteiger partial charge in [-0.1, -0.05) is 50.4 Å². The molecule has 6 rings (SSSR count). The fourth-order valence-corrected chi connectivity index (χ4v) is 7.61. The van der Waals surface area contributed by atoms with Crippen molar-refractivity contribution in [3.8, 4) is 0 Å². The average Bonchev–Trinajstić information content (AvgIpc) is 3.60. The van der Waals surface area contributed by atoms with Gasteiger partial charge in [0.2, 0.25) is 17.7 Å². The van der Waals surface area contributed by atoms with Crippen molar-refractivity contribution in [2.75, 3.05) is 44.7 Å². The molecule has 1 aromatic carbocycles. The first-order valence-corrected chi connectivity index (χ1v) is 15.1. The van der Waals surface area contributed by atoms with Crippen LogP contribution in [0, 0.1) is 29.5 Å². The fraction of sp³-hybridized carbons (Fsp3) is 0.633. The van der Waals surface area contributed by atoms with Crippen LogP contribution in [0.2, 0.25) is 5.02 Å². The summed E-state index contributed by atoms with van der Waals surface area (Å²) in [6.45, 7) is 8.10. The van der Waals surface area contributed by atoms with Crippen LogP contribution in [0.15, 0.2) is 30.4 Å². The largest absolute Gasteiger partial charge is 0.379 e. The van der Waals surface area contributed by atoms with E-state index in [4.69, 9.17) is 21.1 Å². The Morgan fingerprint density at radius 3 is 2.68 bits per heavy atom. The van der Waals surface area contributed by atoms with Crippen LogP contribution in [0.5, 0.6) is 0 Å². The Kier molecular flexibility index (Phi) is 7.86. The molecule has 3 saturated heterocycles. The lowest BCUT2D eigenvalue weighted by Gasteiger charge is -2.38. The number of morpholine rings is 1. The van der Waals surface area contributed by atoms with E-state index in [-0.39, 0.29) is 22.9 Å². The maximum absolute atomic E-state index is 14.2. The molecule has 3 amide bonds. The molecular formula is C30H38ClFN4O5. The highest BCUT2D eigenvalue weighted by Crippen LogP contribution is 2.55. The Morgan fingerprint density at radius 1 is 1.15 bits per heavy atom. The fourth-order valence-electron chi connectivity index (χ4n) is 7.43. The van der Waals surface area contributed by atoms with E-state index in [2.05, 4.69) is 29.4 Å². The number of hydrogen-bond acceptors (Lipinski definition) is 6. The van der Waals surface area contributed by atoms with Crippen molar-refractivity contribution in [2.24, 2.45) is 23.7 Å². The zero-order valence-electron chi connectivity index (χ0n) is 23.5. The number of anilines is 1. The molecule has 222 valence electrons. The molecule has 4 aliphatic heterocycles. The lowest BCUT2D eigenvalue weighted by molar-refractivity contribution is -0.142. The number of carbonyl (C=O) groups excluding carboxylic acids is 3. The number of likely N-dealkylation sites (tertiary alicyclic amines) is 1. The molecule has 1 aliphatic carbocycles. The first-order chi connectivity index (χ1) is 19.7. The summed E-state index contributed by atoms with van der Waals surface area (Å²) in [5.74, 6) is -2.38. The summed E-state index contributed by atoms with van der Waals surface area (Å²) in [6.07, 6.45) is 6.05. The van der Waals surface area contributed by atoms with Gasteiger partial charge in [0, 0.05) is 37.9 Å². The van der Waals surface area contributed by atoms with Crippen LogP contribution in [0.25, 0.3) is 0 Å². The summed E-state index contributed by atoms with van der Waals surface area (Å²) in [5.41, 5.74) is -0.908. The van der Waals surface area contributed by atoms with E-state index in [0.29, 0.717) is 43.8 Å². The smallest absolute Gasteiger partial charge is 0.246 e. The monoisotopic (exact) mass is 588 g/mol. The van der Waals surface area contributed by atoms with Crippen molar-refractivity contribution in [2.45, 2.75) is 56.9 Å². The summed E-state index contributed by atoms with van der Waals surface area (Å²) < 4.78 is 25.6.